The van der Waals surface area contributed by atoms with Gasteiger partial charge in [0.15, 0.2) is 0 Å². The molecule has 0 amide bonds. The van der Waals surface area contributed by atoms with Gasteiger partial charge in [-0.05, 0) is 30.3 Å². The zero-order valence-electron chi connectivity index (χ0n) is 7.42. The van der Waals surface area contributed by atoms with Crippen LogP contribution in [0, 0.1) is 5.92 Å². The number of carbonyl (C=O) groups excluding carboxylic acids is 1. The lowest BCUT2D eigenvalue weighted by Crippen LogP contribution is -2.13. The van der Waals surface area contributed by atoms with Crippen LogP contribution in [0.2, 0.25) is 0 Å². The van der Waals surface area contributed by atoms with E-state index in [-0.39, 0.29) is 0 Å². The van der Waals surface area contributed by atoms with Gasteiger partial charge < -0.3 is 0 Å². The lowest BCUT2D eigenvalue weighted by molar-refractivity contribution is -0.119. The van der Waals surface area contributed by atoms with E-state index in [2.05, 4.69) is 6.58 Å². The quantitative estimate of drug-likeness (QED) is 0.625. The van der Waals surface area contributed by atoms with Gasteiger partial charge in [-0.3, -0.25) is 4.79 Å². The molecule has 0 radical (unpaired) electrons. The molecule has 1 aliphatic rings. The van der Waals surface area contributed by atoms with Crippen molar-refractivity contribution in [3.8, 4) is 0 Å². The standard InChI is InChI=1S/C10H16OS/c1-2-3-10(11)8-9-4-6-12-7-5-9/h2,9H,1,3-8H2. The van der Waals surface area contributed by atoms with Gasteiger partial charge in [0.1, 0.15) is 5.78 Å². The molecule has 0 unspecified atom stereocenters. The highest BCUT2D eigenvalue weighted by molar-refractivity contribution is 7.99. The number of rotatable bonds is 4. The number of hydrogen-bond donors (Lipinski definition) is 0. The van der Waals surface area contributed by atoms with Crippen molar-refractivity contribution in [3.63, 3.8) is 0 Å². The molecule has 1 saturated heterocycles. The normalized spacial score (nSPS) is 19.0. The molecule has 0 aromatic rings. The number of ketones is 1. The SMILES string of the molecule is C=CCC(=O)CC1CCSCC1. The van der Waals surface area contributed by atoms with E-state index < -0.39 is 0 Å². The predicted molar refractivity (Wildman–Crippen MR) is 54.5 cm³/mol. The zero-order valence-corrected chi connectivity index (χ0v) is 8.24. The summed E-state index contributed by atoms with van der Waals surface area (Å²) >= 11 is 2.01. The van der Waals surface area contributed by atoms with E-state index >= 15 is 0 Å². The molecule has 0 saturated carbocycles. The van der Waals surface area contributed by atoms with E-state index in [1.165, 1.54) is 24.3 Å². The first-order valence-corrected chi connectivity index (χ1v) is 5.68. The van der Waals surface area contributed by atoms with E-state index in [1.54, 1.807) is 6.08 Å². The highest BCUT2D eigenvalue weighted by Crippen LogP contribution is 2.25. The molecule has 12 heavy (non-hydrogen) atoms. The molecule has 1 heterocycles. The Labute approximate surface area is 78.6 Å². The van der Waals surface area contributed by atoms with E-state index in [4.69, 9.17) is 0 Å². The van der Waals surface area contributed by atoms with Gasteiger partial charge in [0.2, 0.25) is 0 Å². The van der Waals surface area contributed by atoms with Gasteiger partial charge in [-0.25, -0.2) is 0 Å². The number of hydrogen-bond acceptors (Lipinski definition) is 2. The van der Waals surface area contributed by atoms with Crippen LogP contribution in [0.4, 0.5) is 0 Å². The number of thioether (sulfide) groups is 1. The third-order valence-corrected chi connectivity index (χ3v) is 3.28. The average molecular weight is 184 g/mol. The summed E-state index contributed by atoms with van der Waals surface area (Å²) in [7, 11) is 0. The Balaban J connectivity index is 2.19. The second-order valence-corrected chi connectivity index (χ2v) is 4.52. The summed E-state index contributed by atoms with van der Waals surface area (Å²) in [4.78, 5) is 11.2. The fraction of sp³-hybridized carbons (Fsp3) is 0.700. The first-order valence-electron chi connectivity index (χ1n) is 4.53. The molecule has 0 bridgehead atoms. The monoisotopic (exact) mass is 184 g/mol. The third kappa shape index (κ3) is 3.44. The van der Waals surface area contributed by atoms with Crippen molar-refractivity contribution in [1.29, 1.82) is 0 Å². The Hall–Kier alpha value is -0.240. The minimum absolute atomic E-state index is 0.363. The number of allylic oxidation sites excluding steroid dienone is 1. The summed E-state index contributed by atoms with van der Waals surface area (Å²) in [6.07, 6.45) is 5.51. The Kier molecular flexibility index (Phi) is 4.44. The van der Waals surface area contributed by atoms with Crippen molar-refractivity contribution >= 4 is 17.5 Å². The maximum Gasteiger partial charge on any atom is 0.136 e. The minimum atomic E-state index is 0.363. The molecule has 0 aliphatic carbocycles. The molecule has 1 fully saturated rings. The Bertz CT molecular complexity index is 159. The van der Waals surface area contributed by atoms with Crippen LogP contribution < -0.4 is 0 Å². The van der Waals surface area contributed by atoms with Crippen LogP contribution in [-0.2, 0) is 4.79 Å². The molecule has 68 valence electrons. The molecule has 1 nitrogen and oxygen atoms in total. The van der Waals surface area contributed by atoms with Crippen LogP contribution in [0.3, 0.4) is 0 Å². The fourth-order valence-corrected chi connectivity index (χ4v) is 2.72. The smallest absolute Gasteiger partial charge is 0.136 e. The number of Topliss-reactive ketones (excluding diaryl/α,β-unsaturated/α-hetero) is 1. The maximum absolute atomic E-state index is 11.2. The van der Waals surface area contributed by atoms with Gasteiger partial charge in [-0.1, -0.05) is 6.08 Å². The zero-order chi connectivity index (χ0) is 8.81. The highest BCUT2D eigenvalue weighted by Gasteiger charge is 2.16. The summed E-state index contributed by atoms with van der Waals surface area (Å²) in [5.41, 5.74) is 0. The Morgan fingerprint density at radius 1 is 1.50 bits per heavy atom. The van der Waals surface area contributed by atoms with E-state index in [0.29, 0.717) is 18.1 Å². The first kappa shape index (κ1) is 9.85. The topological polar surface area (TPSA) is 17.1 Å². The fourth-order valence-electron chi connectivity index (χ4n) is 1.52. The van der Waals surface area contributed by atoms with Gasteiger partial charge in [0.05, 0.1) is 0 Å². The van der Waals surface area contributed by atoms with Gasteiger partial charge in [-0.15, -0.1) is 6.58 Å². The molecular weight excluding hydrogens is 168 g/mol. The molecule has 1 aliphatic heterocycles. The Morgan fingerprint density at radius 3 is 2.75 bits per heavy atom. The molecule has 1 rings (SSSR count). The predicted octanol–water partition coefficient (Wildman–Crippen LogP) is 2.66. The molecule has 0 spiro atoms. The van der Waals surface area contributed by atoms with Gasteiger partial charge in [0, 0.05) is 12.8 Å². The van der Waals surface area contributed by atoms with E-state index in [0.717, 1.165) is 6.42 Å². The second kappa shape index (κ2) is 5.41. The van der Waals surface area contributed by atoms with Crippen LogP contribution in [0.25, 0.3) is 0 Å². The van der Waals surface area contributed by atoms with Crippen molar-refractivity contribution in [2.24, 2.45) is 5.92 Å². The molecule has 0 atom stereocenters. The largest absolute Gasteiger partial charge is 0.299 e. The molecule has 0 aromatic heterocycles. The molecule has 0 N–H and O–H groups in total. The van der Waals surface area contributed by atoms with Crippen molar-refractivity contribution in [2.75, 3.05) is 11.5 Å². The van der Waals surface area contributed by atoms with Crippen molar-refractivity contribution in [1.82, 2.24) is 0 Å². The highest BCUT2D eigenvalue weighted by atomic mass is 32.2. The van der Waals surface area contributed by atoms with Gasteiger partial charge in [0.25, 0.3) is 0 Å². The third-order valence-electron chi connectivity index (χ3n) is 2.23. The van der Waals surface area contributed by atoms with Gasteiger partial charge >= 0.3 is 0 Å². The van der Waals surface area contributed by atoms with Crippen LogP contribution in [0.15, 0.2) is 12.7 Å². The summed E-state index contributed by atoms with van der Waals surface area (Å²) in [5, 5.41) is 0. The lowest BCUT2D eigenvalue weighted by atomic mass is 9.95. The van der Waals surface area contributed by atoms with Gasteiger partial charge in [-0.2, -0.15) is 11.8 Å². The van der Waals surface area contributed by atoms with Crippen molar-refractivity contribution in [2.45, 2.75) is 25.7 Å². The summed E-state index contributed by atoms with van der Waals surface area (Å²) < 4.78 is 0. The first-order chi connectivity index (χ1) is 5.83. The Morgan fingerprint density at radius 2 is 2.17 bits per heavy atom. The average Bonchev–Trinajstić information content (AvgIpc) is 2.06. The van der Waals surface area contributed by atoms with Crippen LogP contribution >= 0.6 is 11.8 Å². The maximum atomic E-state index is 11.2. The number of carbonyl (C=O) groups is 1. The van der Waals surface area contributed by atoms with Crippen molar-refractivity contribution in [3.05, 3.63) is 12.7 Å². The molecule has 0 aromatic carbocycles. The van der Waals surface area contributed by atoms with E-state index in [1.807, 2.05) is 11.8 Å². The van der Waals surface area contributed by atoms with Crippen LogP contribution in [0.5, 0.6) is 0 Å². The van der Waals surface area contributed by atoms with Crippen LogP contribution in [-0.4, -0.2) is 17.3 Å². The van der Waals surface area contributed by atoms with Crippen LogP contribution in [0.1, 0.15) is 25.7 Å². The van der Waals surface area contributed by atoms with E-state index in [9.17, 15) is 4.79 Å². The molecular formula is C10H16OS. The lowest BCUT2D eigenvalue weighted by Gasteiger charge is -2.19. The summed E-state index contributed by atoms with van der Waals surface area (Å²) in [6.45, 7) is 3.57. The summed E-state index contributed by atoms with van der Waals surface area (Å²) in [5.74, 6) is 3.51. The van der Waals surface area contributed by atoms with Crippen molar-refractivity contribution < 1.29 is 4.79 Å². The molecule has 2 heteroatoms. The minimum Gasteiger partial charge on any atom is -0.299 e. The summed E-state index contributed by atoms with van der Waals surface area (Å²) in [6, 6.07) is 0. The second-order valence-electron chi connectivity index (χ2n) is 3.29.